The quantitative estimate of drug-likeness (QED) is 0.865. The number of hydrogen-bond donors (Lipinski definition) is 1. The van der Waals surface area contributed by atoms with Gasteiger partial charge in [0, 0.05) is 23.8 Å². The van der Waals surface area contributed by atoms with Crippen LogP contribution in [0.3, 0.4) is 0 Å². The molecule has 0 unspecified atom stereocenters. The zero-order valence-corrected chi connectivity index (χ0v) is 10.3. The Bertz CT molecular complexity index is 425. The van der Waals surface area contributed by atoms with Gasteiger partial charge in [-0.15, -0.1) is 0 Å². The number of aliphatic hydroxyl groups is 1. The summed E-state index contributed by atoms with van der Waals surface area (Å²) in [5.41, 5.74) is -0.777. The Hall–Kier alpha value is -0.820. The van der Waals surface area contributed by atoms with Crippen molar-refractivity contribution in [2.45, 2.75) is 18.7 Å². The van der Waals surface area contributed by atoms with Gasteiger partial charge in [-0.3, -0.25) is 0 Å². The second-order valence-electron chi connectivity index (χ2n) is 3.91. The third-order valence-corrected chi connectivity index (χ3v) is 3.04. The Morgan fingerprint density at radius 1 is 1.47 bits per heavy atom. The van der Waals surface area contributed by atoms with Crippen LogP contribution in [-0.2, 0) is 6.18 Å². The highest BCUT2D eigenvalue weighted by molar-refractivity contribution is 9.10. The SMILES string of the molecule is O[C@@H]1CCN(c2ncc(Br)cc2C(F)(F)F)C1. The van der Waals surface area contributed by atoms with Gasteiger partial charge < -0.3 is 10.0 Å². The lowest BCUT2D eigenvalue weighted by Crippen LogP contribution is -2.25. The first-order valence-corrected chi connectivity index (χ1v) is 5.83. The minimum Gasteiger partial charge on any atom is -0.391 e. The Balaban J connectivity index is 2.39. The van der Waals surface area contributed by atoms with Crippen LogP contribution < -0.4 is 4.90 Å². The van der Waals surface area contributed by atoms with Gasteiger partial charge in [0.15, 0.2) is 0 Å². The van der Waals surface area contributed by atoms with Crippen molar-refractivity contribution in [3.8, 4) is 0 Å². The largest absolute Gasteiger partial charge is 0.419 e. The Morgan fingerprint density at radius 2 is 2.18 bits per heavy atom. The van der Waals surface area contributed by atoms with Gasteiger partial charge in [0.1, 0.15) is 5.82 Å². The molecule has 0 radical (unpaired) electrons. The van der Waals surface area contributed by atoms with Crippen LogP contribution in [0.5, 0.6) is 0 Å². The van der Waals surface area contributed by atoms with Crippen molar-refractivity contribution in [1.29, 1.82) is 0 Å². The lowest BCUT2D eigenvalue weighted by atomic mass is 10.2. The maximum absolute atomic E-state index is 12.8. The Kier molecular flexibility index (Phi) is 3.31. The van der Waals surface area contributed by atoms with Crippen molar-refractivity contribution in [1.82, 2.24) is 4.98 Å². The molecule has 0 amide bonds. The lowest BCUT2D eigenvalue weighted by molar-refractivity contribution is -0.137. The maximum Gasteiger partial charge on any atom is 0.419 e. The average molecular weight is 311 g/mol. The molecule has 1 atom stereocenters. The summed E-state index contributed by atoms with van der Waals surface area (Å²) < 4.78 is 38.8. The number of nitrogens with zero attached hydrogens (tertiary/aromatic N) is 2. The first-order valence-electron chi connectivity index (χ1n) is 5.03. The molecule has 1 aromatic heterocycles. The van der Waals surface area contributed by atoms with E-state index in [0.29, 0.717) is 13.0 Å². The summed E-state index contributed by atoms with van der Waals surface area (Å²) in [5.74, 6) is -0.114. The number of pyridine rings is 1. The molecule has 0 aliphatic carbocycles. The molecular formula is C10H10BrF3N2O. The Labute approximate surface area is 104 Å². The van der Waals surface area contributed by atoms with Crippen molar-refractivity contribution < 1.29 is 18.3 Å². The molecule has 1 aliphatic heterocycles. The van der Waals surface area contributed by atoms with Crippen LogP contribution >= 0.6 is 15.9 Å². The highest BCUT2D eigenvalue weighted by Crippen LogP contribution is 2.37. The van der Waals surface area contributed by atoms with Crippen molar-refractivity contribution in [3.05, 3.63) is 22.3 Å². The van der Waals surface area contributed by atoms with Gasteiger partial charge >= 0.3 is 6.18 Å². The molecule has 3 nitrogen and oxygen atoms in total. The van der Waals surface area contributed by atoms with Crippen LogP contribution in [0.4, 0.5) is 19.0 Å². The van der Waals surface area contributed by atoms with Gasteiger partial charge in [0.25, 0.3) is 0 Å². The van der Waals surface area contributed by atoms with E-state index < -0.39 is 17.8 Å². The molecule has 0 saturated carbocycles. The Morgan fingerprint density at radius 3 is 2.71 bits per heavy atom. The molecule has 1 N–H and O–H groups in total. The highest BCUT2D eigenvalue weighted by Gasteiger charge is 2.37. The topological polar surface area (TPSA) is 36.4 Å². The summed E-state index contributed by atoms with van der Waals surface area (Å²) in [6.07, 6.45) is -3.23. The predicted molar refractivity (Wildman–Crippen MR) is 59.8 cm³/mol. The monoisotopic (exact) mass is 310 g/mol. The summed E-state index contributed by atoms with van der Waals surface area (Å²) >= 11 is 2.98. The summed E-state index contributed by atoms with van der Waals surface area (Å²) in [5, 5.41) is 9.35. The number of aliphatic hydroxyl groups excluding tert-OH is 1. The second-order valence-corrected chi connectivity index (χ2v) is 4.83. The molecule has 94 valence electrons. The van der Waals surface area contributed by atoms with Crippen LogP contribution in [0.15, 0.2) is 16.7 Å². The van der Waals surface area contributed by atoms with Crippen LogP contribution in [0.2, 0.25) is 0 Å². The average Bonchev–Trinajstić information content (AvgIpc) is 2.63. The zero-order valence-electron chi connectivity index (χ0n) is 8.71. The molecular weight excluding hydrogens is 301 g/mol. The second kappa shape index (κ2) is 4.45. The van der Waals surface area contributed by atoms with E-state index in [0.717, 1.165) is 6.07 Å². The molecule has 0 bridgehead atoms. The van der Waals surface area contributed by atoms with Gasteiger partial charge in [-0.25, -0.2) is 4.98 Å². The number of rotatable bonds is 1. The normalized spacial score (nSPS) is 21.0. The highest BCUT2D eigenvalue weighted by atomic mass is 79.9. The maximum atomic E-state index is 12.8. The molecule has 2 heterocycles. The van der Waals surface area contributed by atoms with Crippen molar-refractivity contribution in [2.24, 2.45) is 0 Å². The fourth-order valence-electron chi connectivity index (χ4n) is 1.83. The number of β-amino-alcohol motifs (C(OH)–C–C–N with tert-alkyl or cyclic N) is 1. The third-order valence-electron chi connectivity index (χ3n) is 2.60. The van der Waals surface area contributed by atoms with Gasteiger partial charge in [0.2, 0.25) is 0 Å². The van der Waals surface area contributed by atoms with E-state index in [1.165, 1.54) is 11.1 Å². The molecule has 2 rings (SSSR count). The van der Waals surface area contributed by atoms with Gasteiger partial charge in [-0.05, 0) is 28.4 Å². The zero-order chi connectivity index (χ0) is 12.6. The summed E-state index contributed by atoms with van der Waals surface area (Å²) in [6.45, 7) is 0.580. The van der Waals surface area contributed by atoms with E-state index >= 15 is 0 Å². The van der Waals surface area contributed by atoms with E-state index in [2.05, 4.69) is 20.9 Å². The van der Waals surface area contributed by atoms with Crippen molar-refractivity contribution >= 4 is 21.7 Å². The minimum absolute atomic E-state index is 0.114. The van der Waals surface area contributed by atoms with Gasteiger partial charge in [-0.2, -0.15) is 13.2 Å². The third kappa shape index (κ3) is 2.71. The molecule has 1 fully saturated rings. The van der Waals surface area contributed by atoms with Crippen LogP contribution in [0.25, 0.3) is 0 Å². The number of alkyl halides is 3. The molecule has 1 aliphatic rings. The number of hydrogen-bond acceptors (Lipinski definition) is 3. The van der Waals surface area contributed by atoms with Crippen molar-refractivity contribution in [2.75, 3.05) is 18.0 Å². The molecule has 17 heavy (non-hydrogen) atoms. The number of anilines is 1. The van der Waals surface area contributed by atoms with Crippen LogP contribution in [-0.4, -0.2) is 29.3 Å². The van der Waals surface area contributed by atoms with Crippen LogP contribution in [0.1, 0.15) is 12.0 Å². The fourth-order valence-corrected chi connectivity index (χ4v) is 2.16. The smallest absolute Gasteiger partial charge is 0.391 e. The van der Waals surface area contributed by atoms with E-state index in [1.54, 1.807) is 0 Å². The first kappa shape index (κ1) is 12.6. The summed E-state index contributed by atoms with van der Waals surface area (Å²) in [4.78, 5) is 5.27. The first-order chi connectivity index (χ1) is 7.88. The minimum atomic E-state index is -4.44. The summed E-state index contributed by atoms with van der Waals surface area (Å²) in [7, 11) is 0. The van der Waals surface area contributed by atoms with Gasteiger partial charge in [-0.1, -0.05) is 0 Å². The van der Waals surface area contributed by atoms with E-state index in [-0.39, 0.29) is 16.8 Å². The van der Waals surface area contributed by atoms with E-state index in [1.807, 2.05) is 0 Å². The molecule has 0 spiro atoms. The van der Waals surface area contributed by atoms with E-state index in [4.69, 9.17) is 0 Å². The molecule has 7 heteroatoms. The predicted octanol–water partition coefficient (Wildman–Crippen LogP) is 2.43. The van der Waals surface area contributed by atoms with E-state index in [9.17, 15) is 18.3 Å². The number of aromatic nitrogens is 1. The molecule has 1 aromatic rings. The molecule has 1 saturated heterocycles. The number of halogens is 4. The van der Waals surface area contributed by atoms with Crippen molar-refractivity contribution in [3.63, 3.8) is 0 Å². The standard InChI is InChI=1S/C10H10BrF3N2O/c11-6-3-8(10(12,13)14)9(15-4-6)16-2-1-7(17)5-16/h3-4,7,17H,1-2,5H2/t7-/m1/s1. The fraction of sp³-hybridized carbons (Fsp3) is 0.500. The lowest BCUT2D eigenvalue weighted by Gasteiger charge is -2.21. The van der Waals surface area contributed by atoms with Crippen LogP contribution in [0, 0.1) is 0 Å². The summed E-state index contributed by atoms with van der Waals surface area (Å²) in [6, 6.07) is 1.01. The van der Waals surface area contributed by atoms with Gasteiger partial charge in [0.05, 0.1) is 11.7 Å². The molecule has 0 aromatic carbocycles.